The molecule has 0 aromatic heterocycles. The minimum absolute atomic E-state index is 0.612. The van der Waals surface area contributed by atoms with Crippen LogP contribution in [0.3, 0.4) is 0 Å². The molecule has 1 aliphatic carbocycles. The van der Waals surface area contributed by atoms with Crippen LogP contribution in [-0.4, -0.2) is 6.54 Å². The SMILES string of the molecule is CC(C)C(CN)Cc1ccc(C2CCCCC2)cc1. The molecule has 106 valence electrons. The molecule has 1 aromatic carbocycles. The summed E-state index contributed by atoms with van der Waals surface area (Å²) in [6, 6.07) is 9.38. The summed E-state index contributed by atoms with van der Waals surface area (Å²) < 4.78 is 0. The van der Waals surface area contributed by atoms with Gasteiger partial charge in [-0.1, -0.05) is 57.4 Å². The van der Waals surface area contributed by atoms with Gasteiger partial charge in [0, 0.05) is 0 Å². The molecule has 1 nitrogen and oxygen atoms in total. The topological polar surface area (TPSA) is 26.0 Å². The van der Waals surface area contributed by atoms with Crippen molar-refractivity contribution in [3.8, 4) is 0 Å². The Bertz CT molecular complexity index is 360. The molecule has 0 amide bonds. The first-order valence-electron chi connectivity index (χ1n) is 7.99. The monoisotopic (exact) mass is 259 g/mol. The lowest BCUT2D eigenvalue weighted by molar-refractivity contribution is 0.392. The molecule has 0 aliphatic heterocycles. The highest BCUT2D eigenvalue weighted by molar-refractivity contribution is 5.26. The Balaban J connectivity index is 1.97. The van der Waals surface area contributed by atoms with Gasteiger partial charge in [-0.05, 0) is 54.7 Å². The minimum Gasteiger partial charge on any atom is -0.330 e. The van der Waals surface area contributed by atoms with Crippen LogP contribution in [0.15, 0.2) is 24.3 Å². The second kappa shape index (κ2) is 7.09. The maximum absolute atomic E-state index is 5.87. The zero-order valence-electron chi connectivity index (χ0n) is 12.6. The van der Waals surface area contributed by atoms with Gasteiger partial charge < -0.3 is 5.73 Å². The first-order valence-corrected chi connectivity index (χ1v) is 7.99. The van der Waals surface area contributed by atoms with Crippen molar-refractivity contribution in [1.29, 1.82) is 0 Å². The summed E-state index contributed by atoms with van der Waals surface area (Å²) in [5.41, 5.74) is 8.87. The minimum atomic E-state index is 0.612. The highest BCUT2D eigenvalue weighted by atomic mass is 14.5. The quantitative estimate of drug-likeness (QED) is 0.827. The van der Waals surface area contributed by atoms with E-state index in [2.05, 4.69) is 38.1 Å². The lowest BCUT2D eigenvalue weighted by Crippen LogP contribution is -2.22. The summed E-state index contributed by atoms with van der Waals surface area (Å²) in [5, 5.41) is 0. The average Bonchev–Trinajstić information content (AvgIpc) is 2.46. The van der Waals surface area contributed by atoms with Crippen LogP contribution < -0.4 is 5.73 Å². The summed E-state index contributed by atoms with van der Waals surface area (Å²) in [7, 11) is 0. The third-order valence-corrected chi connectivity index (χ3v) is 4.80. The van der Waals surface area contributed by atoms with Crippen LogP contribution in [0.1, 0.15) is 63.0 Å². The predicted octanol–water partition coefficient (Wildman–Crippen LogP) is 4.51. The number of hydrogen-bond donors (Lipinski definition) is 1. The fourth-order valence-electron chi connectivity index (χ4n) is 3.26. The van der Waals surface area contributed by atoms with E-state index in [0.717, 1.165) is 18.9 Å². The van der Waals surface area contributed by atoms with Crippen LogP contribution in [0, 0.1) is 11.8 Å². The predicted molar refractivity (Wildman–Crippen MR) is 83.4 cm³/mol. The molecule has 1 atom stereocenters. The first-order chi connectivity index (χ1) is 9.20. The van der Waals surface area contributed by atoms with Gasteiger partial charge in [0.2, 0.25) is 0 Å². The van der Waals surface area contributed by atoms with E-state index in [-0.39, 0.29) is 0 Å². The van der Waals surface area contributed by atoms with Crippen LogP contribution in [0.2, 0.25) is 0 Å². The maximum Gasteiger partial charge on any atom is -0.00432 e. The van der Waals surface area contributed by atoms with Gasteiger partial charge in [-0.2, -0.15) is 0 Å². The summed E-state index contributed by atoms with van der Waals surface area (Å²) in [6.45, 7) is 5.34. The van der Waals surface area contributed by atoms with Gasteiger partial charge in [0.15, 0.2) is 0 Å². The molecule has 0 spiro atoms. The Hall–Kier alpha value is -0.820. The van der Waals surface area contributed by atoms with Crippen LogP contribution in [0.25, 0.3) is 0 Å². The number of benzene rings is 1. The summed E-state index contributed by atoms with van der Waals surface area (Å²) in [6.07, 6.45) is 8.15. The van der Waals surface area contributed by atoms with Gasteiger partial charge in [0.05, 0.1) is 0 Å². The lowest BCUT2D eigenvalue weighted by Gasteiger charge is -2.23. The molecular formula is C18H29N. The van der Waals surface area contributed by atoms with Crippen molar-refractivity contribution in [2.24, 2.45) is 17.6 Å². The lowest BCUT2D eigenvalue weighted by atomic mass is 9.83. The molecule has 1 fully saturated rings. The zero-order chi connectivity index (χ0) is 13.7. The Morgan fingerprint density at radius 1 is 1.05 bits per heavy atom. The molecule has 0 bridgehead atoms. The van der Waals surface area contributed by atoms with E-state index in [1.54, 1.807) is 5.56 Å². The van der Waals surface area contributed by atoms with Gasteiger partial charge in [-0.15, -0.1) is 0 Å². The second-order valence-corrected chi connectivity index (χ2v) is 6.52. The van der Waals surface area contributed by atoms with Crippen molar-refractivity contribution in [3.05, 3.63) is 35.4 Å². The fraction of sp³-hybridized carbons (Fsp3) is 0.667. The second-order valence-electron chi connectivity index (χ2n) is 6.52. The normalized spacial score (nSPS) is 18.7. The third-order valence-electron chi connectivity index (χ3n) is 4.80. The van der Waals surface area contributed by atoms with E-state index < -0.39 is 0 Å². The average molecular weight is 259 g/mol. The van der Waals surface area contributed by atoms with E-state index in [1.807, 2.05) is 0 Å². The van der Waals surface area contributed by atoms with Gasteiger partial charge in [-0.3, -0.25) is 0 Å². The molecule has 0 saturated heterocycles. The molecule has 1 aromatic rings. The summed E-state index contributed by atoms with van der Waals surface area (Å²) >= 11 is 0. The van der Waals surface area contributed by atoms with Crippen molar-refractivity contribution in [1.82, 2.24) is 0 Å². The molecule has 1 aliphatic rings. The van der Waals surface area contributed by atoms with Crippen LogP contribution in [0.4, 0.5) is 0 Å². The van der Waals surface area contributed by atoms with Gasteiger partial charge >= 0.3 is 0 Å². The molecule has 1 unspecified atom stereocenters. The van der Waals surface area contributed by atoms with Gasteiger partial charge in [0.1, 0.15) is 0 Å². The van der Waals surface area contributed by atoms with E-state index in [4.69, 9.17) is 5.73 Å². The van der Waals surface area contributed by atoms with Gasteiger partial charge in [0.25, 0.3) is 0 Å². The standard InChI is InChI=1S/C18H29N/c1-14(2)18(13-19)12-15-8-10-17(11-9-15)16-6-4-3-5-7-16/h8-11,14,16,18H,3-7,12-13,19H2,1-2H3. The largest absolute Gasteiger partial charge is 0.330 e. The number of hydrogen-bond acceptors (Lipinski definition) is 1. The summed E-state index contributed by atoms with van der Waals surface area (Å²) in [5.74, 6) is 2.10. The van der Waals surface area contributed by atoms with Crippen molar-refractivity contribution < 1.29 is 0 Å². The first kappa shape index (κ1) is 14.6. The smallest absolute Gasteiger partial charge is 0.00432 e. The molecule has 0 heterocycles. The highest BCUT2D eigenvalue weighted by Crippen LogP contribution is 2.32. The van der Waals surface area contributed by atoms with E-state index in [1.165, 1.54) is 37.7 Å². The van der Waals surface area contributed by atoms with E-state index in [0.29, 0.717) is 11.8 Å². The third kappa shape index (κ3) is 4.07. The maximum atomic E-state index is 5.87. The zero-order valence-corrected chi connectivity index (χ0v) is 12.6. The molecule has 1 heteroatoms. The van der Waals surface area contributed by atoms with Crippen molar-refractivity contribution in [2.75, 3.05) is 6.54 Å². The summed E-state index contributed by atoms with van der Waals surface area (Å²) in [4.78, 5) is 0. The molecule has 0 radical (unpaired) electrons. The Morgan fingerprint density at radius 3 is 2.21 bits per heavy atom. The van der Waals surface area contributed by atoms with Crippen molar-refractivity contribution >= 4 is 0 Å². The molecule has 1 saturated carbocycles. The Labute approximate surface area is 118 Å². The van der Waals surface area contributed by atoms with Crippen LogP contribution >= 0.6 is 0 Å². The van der Waals surface area contributed by atoms with E-state index >= 15 is 0 Å². The van der Waals surface area contributed by atoms with Crippen molar-refractivity contribution in [2.45, 2.75) is 58.3 Å². The van der Waals surface area contributed by atoms with Crippen molar-refractivity contribution in [3.63, 3.8) is 0 Å². The number of rotatable bonds is 5. The van der Waals surface area contributed by atoms with Gasteiger partial charge in [-0.25, -0.2) is 0 Å². The van der Waals surface area contributed by atoms with E-state index in [9.17, 15) is 0 Å². The van der Waals surface area contributed by atoms with Crippen LogP contribution in [-0.2, 0) is 6.42 Å². The highest BCUT2D eigenvalue weighted by Gasteiger charge is 2.16. The Kier molecular flexibility index (Phi) is 5.45. The molecule has 19 heavy (non-hydrogen) atoms. The van der Waals surface area contributed by atoms with Crippen LogP contribution in [0.5, 0.6) is 0 Å². The fourth-order valence-corrected chi connectivity index (χ4v) is 3.26. The molecular weight excluding hydrogens is 230 g/mol. The number of nitrogens with two attached hydrogens (primary N) is 1. The Morgan fingerprint density at radius 2 is 1.68 bits per heavy atom. The molecule has 2 rings (SSSR count). The molecule has 2 N–H and O–H groups in total.